The number of nitrogens with zero attached hydrogens (tertiary/aromatic N) is 1. The number of carbonyl (C=O) groups is 1. The molecule has 64 valence electrons. The Balaban J connectivity index is 3.37. The zero-order chi connectivity index (χ0) is 9.30. The molecule has 0 bridgehead atoms. The van der Waals surface area contributed by atoms with Crippen molar-refractivity contribution in [3.63, 3.8) is 0 Å². The van der Waals surface area contributed by atoms with Gasteiger partial charge in [-0.3, -0.25) is 4.79 Å². The normalized spacial score (nSPS) is 9.92. The fraction of sp³-hybridized carbons (Fsp3) is 0.222. The van der Waals surface area contributed by atoms with Crippen molar-refractivity contribution in [3.8, 4) is 0 Å². The molecule has 1 aromatic heterocycles. The molecule has 0 fully saturated rings. The summed E-state index contributed by atoms with van der Waals surface area (Å²) in [6.45, 7) is 7.50. The van der Waals surface area contributed by atoms with Crippen molar-refractivity contribution in [1.29, 1.82) is 0 Å². The van der Waals surface area contributed by atoms with Crippen molar-refractivity contribution in [2.45, 2.75) is 13.8 Å². The SMILES string of the molecule is C=C(S)n1c(C)cc(C=O)c1C. The highest BCUT2D eigenvalue weighted by Crippen LogP contribution is 2.19. The van der Waals surface area contributed by atoms with Gasteiger partial charge in [0.25, 0.3) is 0 Å². The number of rotatable bonds is 2. The molecule has 1 heterocycles. The highest BCUT2D eigenvalue weighted by molar-refractivity contribution is 7.90. The molecule has 0 spiro atoms. The Kier molecular flexibility index (Phi) is 2.43. The molecule has 0 amide bonds. The predicted molar refractivity (Wildman–Crippen MR) is 53.6 cm³/mol. The minimum Gasteiger partial charge on any atom is -0.313 e. The highest BCUT2D eigenvalue weighted by atomic mass is 32.1. The minimum absolute atomic E-state index is 0.637. The number of hydrogen-bond acceptors (Lipinski definition) is 2. The summed E-state index contributed by atoms with van der Waals surface area (Å²) in [5, 5.41) is 0.637. The number of hydrogen-bond donors (Lipinski definition) is 1. The van der Waals surface area contributed by atoms with Gasteiger partial charge in [0.15, 0.2) is 6.29 Å². The van der Waals surface area contributed by atoms with Crippen molar-refractivity contribution in [1.82, 2.24) is 4.57 Å². The van der Waals surface area contributed by atoms with Gasteiger partial charge < -0.3 is 4.57 Å². The third-order valence-corrected chi connectivity index (χ3v) is 2.06. The summed E-state index contributed by atoms with van der Waals surface area (Å²) in [6, 6.07) is 1.82. The maximum absolute atomic E-state index is 10.5. The molecular weight excluding hydrogens is 170 g/mol. The summed E-state index contributed by atoms with van der Waals surface area (Å²) in [7, 11) is 0. The van der Waals surface area contributed by atoms with E-state index in [0.717, 1.165) is 17.7 Å². The summed E-state index contributed by atoms with van der Waals surface area (Å²) in [4.78, 5) is 10.5. The van der Waals surface area contributed by atoms with E-state index in [2.05, 4.69) is 19.2 Å². The molecule has 2 nitrogen and oxygen atoms in total. The molecule has 1 rings (SSSR count). The molecule has 0 aliphatic heterocycles. The second-order valence-corrected chi connectivity index (χ2v) is 3.21. The summed E-state index contributed by atoms with van der Waals surface area (Å²) >= 11 is 4.13. The topological polar surface area (TPSA) is 22.0 Å². The van der Waals surface area contributed by atoms with E-state index < -0.39 is 0 Å². The first kappa shape index (κ1) is 9.13. The van der Waals surface area contributed by atoms with Crippen molar-refractivity contribution in [3.05, 3.63) is 29.6 Å². The Hall–Kier alpha value is -0.960. The molecule has 3 heteroatoms. The first-order valence-electron chi connectivity index (χ1n) is 3.60. The van der Waals surface area contributed by atoms with E-state index >= 15 is 0 Å². The van der Waals surface area contributed by atoms with Gasteiger partial charge in [0, 0.05) is 17.0 Å². The Morgan fingerprint density at radius 3 is 2.50 bits per heavy atom. The van der Waals surface area contributed by atoms with Crippen LogP contribution in [0, 0.1) is 13.8 Å². The predicted octanol–water partition coefficient (Wildman–Crippen LogP) is 2.28. The first-order chi connectivity index (χ1) is 5.57. The van der Waals surface area contributed by atoms with Crippen LogP contribution in [0.25, 0.3) is 5.03 Å². The van der Waals surface area contributed by atoms with Gasteiger partial charge in [-0.1, -0.05) is 6.58 Å². The van der Waals surface area contributed by atoms with Crippen LogP contribution in [0.2, 0.25) is 0 Å². The average Bonchev–Trinajstić information content (AvgIpc) is 2.25. The number of aldehydes is 1. The minimum atomic E-state index is 0.637. The molecule has 0 N–H and O–H groups in total. The smallest absolute Gasteiger partial charge is 0.151 e. The molecule has 0 aliphatic carbocycles. The number of aromatic nitrogens is 1. The van der Waals surface area contributed by atoms with Crippen LogP contribution in [-0.4, -0.2) is 10.9 Å². The van der Waals surface area contributed by atoms with E-state index in [1.807, 2.05) is 24.5 Å². The molecule has 12 heavy (non-hydrogen) atoms. The van der Waals surface area contributed by atoms with Gasteiger partial charge in [-0.15, -0.1) is 12.6 Å². The molecule has 0 saturated heterocycles. The van der Waals surface area contributed by atoms with E-state index in [0.29, 0.717) is 10.6 Å². The third-order valence-electron chi connectivity index (χ3n) is 1.86. The quantitative estimate of drug-likeness (QED) is 0.548. The summed E-state index contributed by atoms with van der Waals surface area (Å²) in [5.41, 5.74) is 2.57. The van der Waals surface area contributed by atoms with Crippen LogP contribution in [0.1, 0.15) is 21.7 Å². The first-order valence-corrected chi connectivity index (χ1v) is 4.05. The maximum Gasteiger partial charge on any atom is 0.151 e. The largest absolute Gasteiger partial charge is 0.313 e. The van der Waals surface area contributed by atoms with Gasteiger partial charge in [-0.25, -0.2) is 0 Å². The van der Waals surface area contributed by atoms with Gasteiger partial charge in [0.1, 0.15) is 0 Å². The zero-order valence-corrected chi connectivity index (χ0v) is 8.06. The standard InChI is InChI=1S/C9H11NOS/c1-6-4-9(5-11)7(2)10(6)8(3)12/h4-5,12H,3H2,1-2H3. The summed E-state index contributed by atoms with van der Waals surface area (Å²) in [5.74, 6) is 0. The van der Waals surface area contributed by atoms with Gasteiger partial charge in [0.05, 0.1) is 5.03 Å². The van der Waals surface area contributed by atoms with Gasteiger partial charge in [-0.05, 0) is 19.9 Å². The van der Waals surface area contributed by atoms with E-state index in [9.17, 15) is 4.79 Å². The van der Waals surface area contributed by atoms with Gasteiger partial charge in [0.2, 0.25) is 0 Å². The lowest BCUT2D eigenvalue weighted by Crippen LogP contribution is -1.96. The van der Waals surface area contributed by atoms with Crippen LogP contribution in [0.15, 0.2) is 12.6 Å². The Morgan fingerprint density at radius 2 is 2.25 bits per heavy atom. The van der Waals surface area contributed by atoms with Crippen molar-refractivity contribution in [2.24, 2.45) is 0 Å². The molecule has 0 saturated carbocycles. The molecule has 0 atom stereocenters. The molecule has 0 radical (unpaired) electrons. The maximum atomic E-state index is 10.5. The van der Waals surface area contributed by atoms with Gasteiger partial charge in [-0.2, -0.15) is 0 Å². The molecule has 0 aromatic carbocycles. The van der Waals surface area contributed by atoms with Crippen LogP contribution >= 0.6 is 12.6 Å². The molecule has 0 unspecified atom stereocenters. The molecule has 1 aromatic rings. The van der Waals surface area contributed by atoms with E-state index in [-0.39, 0.29) is 0 Å². The number of thiol groups is 1. The van der Waals surface area contributed by atoms with Crippen molar-refractivity contribution >= 4 is 23.9 Å². The number of aryl methyl sites for hydroxylation is 1. The van der Waals surface area contributed by atoms with Crippen molar-refractivity contribution in [2.75, 3.05) is 0 Å². The zero-order valence-electron chi connectivity index (χ0n) is 7.16. The Bertz CT molecular complexity index is 339. The third kappa shape index (κ3) is 1.32. The monoisotopic (exact) mass is 181 g/mol. The Labute approximate surface area is 77.3 Å². The fourth-order valence-electron chi connectivity index (χ4n) is 1.30. The lowest BCUT2D eigenvalue weighted by atomic mass is 10.3. The van der Waals surface area contributed by atoms with Crippen LogP contribution < -0.4 is 0 Å². The van der Waals surface area contributed by atoms with Gasteiger partial charge >= 0.3 is 0 Å². The summed E-state index contributed by atoms with van der Waals surface area (Å²) < 4.78 is 1.84. The molecular formula is C9H11NOS. The van der Waals surface area contributed by atoms with Crippen molar-refractivity contribution < 1.29 is 4.79 Å². The average molecular weight is 181 g/mol. The van der Waals surface area contributed by atoms with Crippen LogP contribution in [-0.2, 0) is 0 Å². The summed E-state index contributed by atoms with van der Waals surface area (Å²) in [6.07, 6.45) is 0.843. The number of carbonyl (C=O) groups excluding carboxylic acids is 1. The van der Waals surface area contributed by atoms with Crippen LogP contribution in [0.5, 0.6) is 0 Å². The highest BCUT2D eigenvalue weighted by Gasteiger charge is 2.07. The molecule has 0 aliphatic rings. The van der Waals surface area contributed by atoms with E-state index in [1.54, 1.807) is 0 Å². The lowest BCUT2D eigenvalue weighted by Gasteiger charge is -2.05. The van der Waals surface area contributed by atoms with Crippen LogP contribution in [0.4, 0.5) is 0 Å². The van der Waals surface area contributed by atoms with E-state index in [1.165, 1.54) is 0 Å². The van der Waals surface area contributed by atoms with Crippen LogP contribution in [0.3, 0.4) is 0 Å². The second-order valence-electron chi connectivity index (χ2n) is 2.70. The lowest BCUT2D eigenvalue weighted by molar-refractivity contribution is 0.112. The van der Waals surface area contributed by atoms with E-state index in [4.69, 9.17) is 0 Å². The fourth-order valence-corrected chi connectivity index (χ4v) is 1.61. The second kappa shape index (κ2) is 3.19. The Morgan fingerprint density at radius 1 is 1.67 bits per heavy atom.